The third-order valence-electron chi connectivity index (χ3n) is 5.77. The molecule has 0 N–H and O–H groups in total. The first-order valence-corrected chi connectivity index (χ1v) is 10.4. The maximum Gasteiger partial charge on any atom is 0.254 e. The van der Waals surface area contributed by atoms with E-state index in [1.165, 1.54) is 0 Å². The van der Waals surface area contributed by atoms with E-state index >= 15 is 0 Å². The molecule has 8 heteroatoms. The number of nitriles is 1. The van der Waals surface area contributed by atoms with Crippen LogP contribution in [-0.2, 0) is 0 Å². The number of piperazine rings is 2. The molecule has 8 nitrogen and oxygen atoms in total. The van der Waals surface area contributed by atoms with Crippen LogP contribution in [0.2, 0.25) is 0 Å². The lowest BCUT2D eigenvalue weighted by Crippen LogP contribution is -2.49. The largest absolute Gasteiger partial charge is 0.354 e. The van der Waals surface area contributed by atoms with Gasteiger partial charge in [0.2, 0.25) is 0 Å². The van der Waals surface area contributed by atoms with Gasteiger partial charge in [0.15, 0.2) is 0 Å². The maximum atomic E-state index is 12.8. The molecule has 2 saturated heterocycles. The molecule has 0 unspecified atom stereocenters. The highest BCUT2D eigenvalue weighted by atomic mass is 16.2. The number of likely N-dealkylation sites (N-methyl/N-ethyl adjacent to an activating group) is 1. The van der Waals surface area contributed by atoms with Gasteiger partial charge < -0.3 is 19.6 Å². The van der Waals surface area contributed by atoms with Crippen LogP contribution in [-0.4, -0.2) is 85.1 Å². The van der Waals surface area contributed by atoms with Crippen molar-refractivity contribution in [2.75, 3.05) is 69.2 Å². The number of amides is 1. The highest BCUT2D eigenvalue weighted by molar-refractivity contribution is 5.94. The highest BCUT2D eigenvalue weighted by Gasteiger charge is 2.24. The van der Waals surface area contributed by atoms with E-state index in [0.29, 0.717) is 24.2 Å². The smallest absolute Gasteiger partial charge is 0.254 e. The summed E-state index contributed by atoms with van der Waals surface area (Å²) in [7, 11) is 2.14. The van der Waals surface area contributed by atoms with Gasteiger partial charge in [0.05, 0.1) is 11.6 Å². The average Bonchev–Trinajstić information content (AvgIpc) is 2.79. The molecule has 0 spiro atoms. The average molecular weight is 406 g/mol. The normalized spacial score (nSPS) is 17.7. The van der Waals surface area contributed by atoms with Gasteiger partial charge in [-0.1, -0.05) is 6.07 Å². The zero-order valence-electron chi connectivity index (χ0n) is 17.6. The Morgan fingerprint density at radius 1 is 0.933 bits per heavy atom. The first-order valence-electron chi connectivity index (χ1n) is 10.4. The molecule has 2 fully saturated rings. The SMILES string of the molecule is Cc1nc(N2CCN(C)CC2)cc(N2CCN(C(=O)c3cccc(C#N)c3)CC2)n1. The number of aromatic nitrogens is 2. The Morgan fingerprint density at radius 2 is 1.53 bits per heavy atom. The second-order valence-electron chi connectivity index (χ2n) is 7.89. The fraction of sp³-hybridized carbons (Fsp3) is 0.455. The summed E-state index contributed by atoms with van der Waals surface area (Å²) >= 11 is 0. The molecule has 0 saturated carbocycles. The van der Waals surface area contributed by atoms with Crippen molar-refractivity contribution in [3.8, 4) is 6.07 Å². The molecule has 1 aromatic heterocycles. The molecule has 2 aliphatic heterocycles. The minimum atomic E-state index is -0.0243. The number of carbonyl (C=O) groups excluding carboxylic acids is 1. The van der Waals surface area contributed by atoms with E-state index in [1.807, 2.05) is 11.8 Å². The summed E-state index contributed by atoms with van der Waals surface area (Å²) in [4.78, 5) is 30.8. The molecule has 1 amide bonds. The predicted octanol–water partition coefficient (Wildman–Crippen LogP) is 1.37. The van der Waals surface area contributed by atoms with E-state index in [0.717, 1.165) is 56.7 Å². The molecular weight excluding hydrogens is 378 g/mol. The predicted molar refractivity (Wildman–Crippen MR) is 116 cm³/mol. The van der Waals surface area contributed by atoms with Crippen LogP contribution in [0.15, 0.2) is 30.3 Å². The van der Waals surface area contributed by atoms with Crippen LogP contribution < -0.4 is 9.80 Å². The van der Waals surface area contributed by atoms with Gasteiger partial charge in [-0.2, -0.15) is 5.26 Å². The Labute approximate surface area is 177 Å². The summed E-state index contributed by atoms with van der Waals surface area (Å²) in [6, 6.07) is 11.1. The topological polar surface area (TPSA) is 79.6 Å². The van der Waals surface area contributed by atoms with Crippen LogP contribution in [0.25, 0.3) is 0 Å². The Morgan fingerprint density at radius 3 is 2.13 bits per heavy atom. The van der Waals surface area contributed by atoms with Crippen LogP contribution in [0.1, 0.15) is 21.7 Å². The van der Waals surface area contributed by atoms with Gasteiger partial charge in [0.1, 0.15) is 17.5 Å². The van der Waals surface area contributed by atoms with Crippen molar-refractivity contribution in [1.29, 1.82) is 5.26 Å². The van der Waals surface area contributed by atoms with Gasteiger partial charge in [-0.3, -0.25) is 4.79 Å². The van der Waals surface area contributed by atoms with Gasteiger partial charge in [0.25, 0.3) is 5.91 Å². The van der Waals surface area contributed by atoms with E-state index in [-0.39, 0.29) is 5.91 Å². The minimum Gasteiger partial charge on any atom is -0.354 e. The summed E-state index contributed by atoms with van der Waals surface area (Å²) < 4.78 is 0. The number of rotatable bonds is 3. The molecule has 0 radical (unpaired) electrons. The van der Waals surface area contributed by atoms with E-state index in [4.69, 9.17) is 5.26 Å². The van der Waals surface area contributed by atoms with Crippen molar-refractivity contribution < 1.29 is 4.79 Å². The summed E-state index contributed by atoms with van der Waals surface area (Å²) in [6.45, 7) is 8.64. The second-order valence-corrected chi connectivity index (χ2v) is 7.89. The van der Waals surface area contributed by atoms with E-state index < -0.39 is 0 Å². The van der Waals surface area contributed by atoms with Crippen LogP contribution in [0.3, 0.4) is 0 Å². The molecule has 4 rings (SSSR count). The first-order chi connectivity index (χ1) is 14.5. The van der Waals surface area contributed by atoms with E-state index in [9.17, 15) is 4.79 Å². The van der Waals surface area contributed by atoms with Crippen LogP contribution in [0.4, 0.5) is 11.6 Å². The summed E-state index contributed by atoms with van der Waals surface area (Å²) in [5, 5.41) is 9.07. The van der Waals surface area contributed by atoms with E-state index in [2.05, 4.69) is 43.9 Å². The first kappa shape index (κ1) is 20.1. The fourth-order valence-electron chi connectivity index (χ4n) is 3.94. The second kappa shape index (κ2) is 8.67. The zero-order valence-corrected chi connectivity index (χ0v) is 17.6. The monoisotopic (exact) mass is 405 g/mol. The van der Waals surface area contributed by atoms with Gasteiger partial charge in [-0.25, -0.2) is 9.97 Å². The van der Waals surface area contributed by atoms with Crippen molar-refractivity contribution >= 4 is 17.5 Å². The molecule has 2 aromatic rings. The van der Waals surface area contributed by atoms with Gasteiger partial charge >= 0.3 is 0 Å². The Bertz CT molecular complexity index is 954. The number of benzene rings is 1. The number of anilines is 2. The highest BCUT2D eigenvalue weighted by Crippen LogP contribution is 2.22. The van der Waals surface area contributed by atoms with Crippen molar-refractivity contribution in [1.82, 2.24) is 19.8 Å². The molecule has 1 aromatic carbocycles. The molecule has 0 atom stereocenters. The lowest BCUT2D eigenvalue weighted by Gasteiger charge is -2.37. The number of aryl methyl sites for hydroxylation is 1. The van der Waals surface area contributed by atoms with Gasteiger partial charge in [-0.15, -0.1) is 0 Å². The zero-order chi connectivity index (χ0) is 21.1. The molecular formula is C22H27N7O. The number of nitrogens with zero attached hydrogens (tertiary/aromatic N) is 7. The van der Waals surface area contributed by atoms with Crippen LogP contribution in [0.5, 0.6) is 0 Å². The quantitative estimate of drug-likeness (QED) is 0.763. The minimum absolute atomic E-state index is 0.0243. The molecule has 156 valence electrons. The lowest BCUT2D eigenvalue weighted by atomic mass is 10.1. The van der Waals surface area contributed by atoms with Crippen LogP contribution >= 0.6 is 0 Å². The third kappa shape index (κ3) is 4.36. The summed E-state index contributed by atoms with van der Waals surface area (Å²) in [6.07, 6.45) is 0. The maximum absolute atomic E-state index is 12.8. The van der Waals surface area contributed by atoms with Gasteiger partial charge in [0, 0.05) is 64.0 Å². The van der Waals surface area contributed by atoms with Crippen molar-refractivity contribution in [2.24, 2.45) is 0 Å². The molecule has 3 heterocycles. The van der Waals surface area contributed by atoms with Crippen molar-refractivity contribution in [2.45, 2.75) is 6.92 Å². The fourth-order valence-corrected chi connectivity index (χ4v) is 3.94. The van der Waals surface area contributed by atoms with Crippen LogP contribution in [0, 0.1) is 18.3 Å². The van der Waals surface area contributed by atoms with Gasteiger partial charge in [-0.05, 0) is 32.2 Å². The molecule has 2 aliphatic rings. The number of hydrogen-bond donors (Lipinski definition) is 0. The standard InChI is InChI=1S/C22H27N7O/c1-17-24-20(27-8-6-26(2)7-9-27)15-21(25-17)28-10-12-29(13-11-28)22(30)19-5-3-4-18(14-19)16-23/h3-5,14-15H,6-13H2,1-2H3. The number of carbonyl (C=O) groups is 1. The van der Waals surface area contributed by atoms with Crippen molar-refractivity contribution in [3.63, 3.8) is 0 Å². The molecule has 0 bridgehead atoms. The Kier molecular flexibility index (Phi) is 5.81. The lowest BCUT2D eigenvalue weighted by molar-refractivity contribution is 0.0746. The number of hydrogen-bond acceptors (Lipinski definition) is 7. The Hall–Kier alpha value is -3.18. The summed E-state index contributed by atoms with van der Waals surface area (Å²) in [5.74, 6) is 2.66. The Balaban J connectivity index is 1.42. The van der Waals surface area contributed by atoms with E-state index in [1.54, 1.807) is 24.3 Å². The van der Waals surface area contributed by atoms with Crippen molar-refractivity contribution in [3.05, 3.63) is 47.3 Å². The molecule has 30 heavy (non-hydrogen) atoms. The molecule has 0 aliphatic carbocycles. The summed E-state index contributed by atoms with van der Waals surface area (Å²) in [5.41, 5.74) is 1.07. The third-order valence-corrected chi connectivity index (χ3v) is 5.77.